The summed E-state index contributed by atoms with van der Waals surface area (Å²) in [6.07, 6.45) is 2.69. The van der Waals surface area contributed by atoms with Crippen molar-refractivity contribution in [2.24, 2.45) is 11.8 Å². The zero-order chi connectivity index (χ0) is 9.14. The molecule has 68 valence electrons. The zero-order valence-electron chi connectivity index (χ0n) is 7.59. The molecule has 2 unspecified atom stereocenters. The third kappa shape index (κ3) is 1.49. The number of esters is 1. The number of carbonyl (C=O) groups excluding carboxylic acids is 1. The first-order valence-corrected chi connectivity index (χ1v) is 4.35. The molecule has 1 N–H and O–H groups in total. The fourth-order valence-electron chi connectivity index (χ4n) is 1.85. The summed E-state index contributed by atoms with van der Waals surface area (Å²) in [7, 11) is 1.39. The second-order valence-electron chi connectivity index (χ2n) is 3.23. The first-order chi connectivity index (χ1) is 5.70. The van der Waals surface area contributed by atoms with Gasteiger partial charge in [0.1, 0.15) is 0 Å². The van der Waals surface area contributed by atoms with Crippen molar-refractivity contribution in [3.8, 4) is 0 Å². The van der Waals surface area contributed by atoms with Crippen LogP contribution in [-0.4, -0.2) is 18.8 Å². The van der Waals surface area contributed by atoms with Gasteiger partial charge in [-0.3, -0.25) is 4.79 Å². The maximum atomic E-state index is 11.2. The van der Waals surface area contributed by atoms with Crippen LogP contribution in [0.3, 0.4) is 0 Å². The Balaban J connectivity index is 2.70. The average molecular weight is 169 g/mol. The maximum absolute atomic E-state index is 11.2. The van der Waals surface area contributed by atoms with Crippen LogP contribution in [-0.2, 0) is 9.53 Å². The Bertz CT molecular complexity index is 201. The molecule has 1 rings (SSSR count). The Morgan fingerprint density at radius 3 is 2.92 bits per heavy atom. The lowest BCUT2D eigenvalue weighted by Crippen LogP contribution is -2.25. The highest BCUT2D eigenvalue weighted by Crippen LogP contribution is 2.32. The lowest BCUT2D eigenvalue weighted by molar-refractivity contribution is -0.144. The van der Waals surface area contributed by atoms with Crippen LogP contribution in [0.1, 0.15) is 26.2 Å². The lowest BCUT2D eigenvalue weighted by Gasteiger charge is -2.14. The lowest BCUT2D eigenvalue weighted by atomic mass is 9.93. The molecule has 0 saturated heterocycles. The van der Waals surface area contributed by atoms with E-state index in [2.05, 4.69) is 11.7 Å². The van der Waals surface area contributed by atoms with E-state index in [1.54, 1.807) is 0 Å². The molecule has 1 saturated carbocycles. The first-order valence-electron chi connectivity index (χ1n) is 4.35. The highest BCUT2D eigenvalue weighted by molar-refractivity contribution is 6.02. The van der Waals surface area contributed by atoms with Gasteiger partial charge in [-0.15, -0.1) is 0 Å². The Labute approximate surface area is 72.6 Å². The smallest absolute Gasteiger partial charge is 0.314 e. The molecule has 12 heavy (non-hydrogen) atoms. The summed E-state index contributed by atoms with van der Waals surface area (Å²) >= 11 is 0. The van der Waals surface area contributed by atoms with E-state index in [9.17, 15) is 4.79 Å². The van der Waals surface area contributed by atoms with Gasteiger partial charge in [-0.1, -0.05) is 13.3 Å². The molecule has 0 spiro atoms. The van der Waals surface area contributed by atoms with Crippen LogP contribution in [0.25, 0.3) is 0 Å². The third-order valence-electron chi connectivity index (χ3n) is 2.61. The van der Waals surface area contributed by atoms with Gasteiger partial charge in [0, 0.05) is 5.71 Å². The molecule has 0 heterocycles. The Morgan fingerprint density at radius 1 is 1.75 bits per heavy atom. The van der Waals surface area contributed by atoms with E-state index in [0.29, 0.717) is 11.6 Å². The van der Waals surface area contributed by atoms with Gasteiger partial charge in [0.25, 0.3) is 0 Å². The summed E-state index contributed by atoms with van der Waals surface area (Å²) in [4.78, 5) is 11.2. The molecule has 0 bridgehead atoms. The summed E-state index contributed by atoms with van der Waals surface area (Å²) in [6, 6.07) is 0. The predicted molar refractivity (Wildman–Crippen MR) is 46.2 cm³/mol. The molecular formula is C9H15NO2. The van der Waals surface area contributed by atoms with Crippen LogP contribution in [0, 0.1) is 17.2 Å². The predicted octanol–water partition coefficient (Wildman–Crippen LogP) is 1.62. The Hall–Kier alpha value is -0.860. The van der Waals surface area contributed by atoms with Crippen molar-refractivity contribution in [3.63, 3.8) is 0 Å². The van der Waals surface area contributed by atoms with Crippen LogP contribution in [0.4, 0.5) is 0 Å². The van der Waals surface area contributed by atoms with Crippen molar-refractivity contribution in [3.05, 3.63) is 0 Å². The molecule has 0 amide bonds. The summed E-state index contributed by atoms with van der Waals surface area (Å²) in [5.41, 5.74) is 0.550. The highest BCUT2D eigenvalue weighted by Gasteiger charge is 2.36. The van der Waals surface area contributed by atoms with E-state index in [4.69, 9.17) is 5.41 Å². The summed E-state index contributed by atoms with van der Waals surface area (Å²) in [6.45, 7) is 2.05. The largest absolute Gasteiger partial charge is 0.469 e. The van der Waals surface area contributed by atoms with E-state index >= 15 is 0 Å². The minimum Gasteiger partial charge on any atom is -0.469 e. The van der Waals surface area contributed by atoms with Crippen LogP contribution in [0.5, 0.6) is 0 Å². The Morgan fingerprint density at radius 2 is 2.42 bits per heavy atom. The average Bonchev–Trinajstić information content (AvgIpc) is 2.45. The van der Waals surface area contributed by atoms with Crippen LogP contribution in [0.2, 0.25) is 0 Å². The molecule has 3 nitrogen and oxygen atoms in total. The van der Waals surface area contributed by atoms with Gasteiger partial charge in [0.2, 0.25) is 0 Å². The number of nitrogens with one attached hydrogen (secondary N) is 1. The molecule has 0 radical (unpaired) electrons. The molecule has 0 aromatic heterocycles. The van der Waals surface area contributed by atoms with Gasteiger partial charge in [0.15, 0.2) is 0 Å². The zero-order valence-corrected chi connectivity index (χ0v) is 7.59. The second kappa shape index (κ2) is 3.70. The fourth-order valence-corrected chi connectivity index (χ4v) is 1.85. The maximum Gasteiger partial charge on any atom is 0.314 e. The van der Waals surface area contributed by atoms with Gasteiger partial charge < -0.3 is 10.1 Å². The summed E-state index contributed by atoms with van der Waals surface area (Å²) < 4.78 is 4.66. The first kappa shape index (κ1) is 9.23. The van der Waals surface area contributed by atoms with Crippen molar-refractivity contribution in [2.75, 3.05) is 7.11 Å². The number of hydrogen-bond acceptors (Lipinski definition) is 3. The van der Waals surface area contributed by atoms with Gasteiger partial charge in [-0.2, -0.15) is 0 Å². The van der Waals surface area contributed by atoms with E-state index < -0.39 is 0 Å². The van der Waals surface area contributed by atoms with Crippen LogP contribution < -0.4 is 0 Å². The number of rotatable bonds is 2. The molecule has 1 aliphatic rings. The minimum absolute atomic E-state index is 0.232. The molecule has 1 fully saturated rings. The van der Waals surface area contributed by atoms with E-state index in [1.165, 1.54) is 7.11 Å². The van der Waals surface area contributed by atoms with E-state index in [0.717, 1.165) is 19.3 Å². The topological polar surface area (TPSA) is 50.2 Å². The third-order valence-corrected chi connectivity index (χ3v) is 2.61. The summed E-state index contributed by atoms with van der Waals surface area (Å²) in [5.74, 6) is -0.144. The second-order valence-corrected chi connectivity index (χ2v) is 3.23. The monoisotopic (exact) mass is 169 g/mol. The van der Waals surface area contributed by atoms with Crippen molar-refractivity contribution < 1.29 is 9.53 Å². The molecule has 1 aliphatic carbocycles. The van der Waals surface area contributed by atoms with Gasteiger partial charge in [-0.25, -0.2) is 0 Å². The molecule has 0 aliphatic heterocycles. The molecular weight excluding hydrogens is 154 g/mol. The molecule has 2 atom stereocenters. The quantitative estimate of drug-likeness (QED) is 0.638. The van der Waals surface area contributed by atoms with Gasteiger partial charge >= 0.3 is 5.97 Å². The summed E-state index contributed by atoms with van der Waals surface area (Å²) in [5, 5.41) is 7.57. The van der Waals surface area contributed by atoms with Crippen molar-refractivity contribution >= 4 is 11.7 Å². The van der Waals surface area contributed by atoms with Gasteiger partial charge in [-0.05, 0) is 18.8 Å². The van der Waals surface area contributed by atoms with Gasteiger partial charge in [0.05, 0.1) is 13.0 Å². The SMILES string of the molecule is CCC1CCC(=N)C1C(=O)OC. The molecule has 0 aromatic rings. The molecule has 3 heteroatoms. The van der Waals surface area contributed by atoms with Crippen molar-refractivity contribution in [1.82, 2.24) is 0 Å². The number of carbonyl (C=O) groups is 1. The van der Waals surface area contributed by atoms with E-state index in [1.807, 2.05) is 0 Å². The van der Waals surface area contributed by atoms with Crippen LogP contribution >= 0.6 is 0 Å². The van der Waals surface area contributed by atoms with Crippen molar-refractivity contribution in [2.45, 2.75) is 26.2 Å². The number of methoxy groups -OCH3 is 1. The highest BCUT2D eigenvalue weighted by atomic mass is 16.5. The van der Waals surface area contributed by atoms with E-state index in [-0.39, 0.29) is 11.9 Å². The molecule has 0 aromatic carbocycles. The fraction of sp³-hybridized carbons (Fsp3) is 0.778. The van der Waals surface area contributed by atoms with Crippen LogP contribution in [0.15, 0.2) is 0 Å². The van der Waals surface area contributed by atoms with Crippen molar-refractivity contribution in [1.29, 1.82) is 5.41 Å². The normalized spacial score (nSPS) is 29.0. The number of ether oxygens (including phenoxy) is 1. The number of hydrogen-bond donors (Lipinski definition) is 1. The standard InChI is InChI=1S/C9H15NO2/c1-3-6-4-5-7(10)8(6)9(11)12-2/h6,8,10H,3-5H2,1-2H3. The Kier molecular flexibility index (Phi) is 2.84. The minimum atomic E-state index is -0.250.